The Labute approximate surface area is 247 Å². The zero-order valence-corrected chi connectivity index (χ0v) is 24.0. The number of rotatable bonds is 6. The van der Waals surface area contributed by atoms with Gasteiger partial charge in [0.1, 0.15) is 23.2 Å². The van der Waals surface area contributed by atoms with Gasteiger partial charge in [0.2, 0.25) is 5.91 Å². The number of hydrogen-bond donors (Lipinski definition) is 0. The third kappa shape index (κ3) is 6.57. The molecule has 2 saturated heterocycles. The molecule has 3 aromatic rings. The number of halogens is 4. The Morgan fingerprint density at radius 1 is 1.02 bits per heavy atom. The predicted molar refractivity (Wildman–Crippen MR) is 154 cm³/mol. The van der Waals surface area contributed by atoms with E-state index >= 15 is 0 Å². The second-order valence-corrected chi connectivity index (χ2v) is 11.1. The van der Waals surface area contributed by atoms with E-state index in [1.165, 1.54) is 30.3 Å². The van der Waals surface area contributed by atoms with Crippen molar-refractivity contribution in [2.24, 2.45) is 5.92 Å². The van der Waals surface area contributed by atoms with E-state index in [9.17, 15) is 18.4 Å². The molecule has 216 valence electrons. The Kier molecular flexibility index (Phi) is 8.94. The van der Waals surface area contributed by atoms with E-state index in [0.29, 0.717) is 50.6 Å². The minimum Gasteiger partial charge on any atom is -0.410 e. The maximum absolute atomic E-state index is 14.0. The van der Waals surface area contributed by atoms with Crippen molar-refractivity contribution in [1.82, 2.24) is 14.8 Å². The maximum Gasteiger partial charge on any atom is 0.415 e. The largest absolute Gasteiger partial charge is 0.415 e. The van der Waals surface area contributed by atoms with Gasteiger partial charge in [0.15, 0.2) is 0 Å². The number of piperidine rings is 1. The normalized spacial score (nSPS) is 19.3. The van der Waals surface area contributed by atoms with E-state index in [4.69, 9.17) is 27.9 Å². The minimum atomic E-state index is -0.611. The standard InChI is InChI=1S/C30H30Cl2F2N4O3/c1-2-38(30(40)41-23-7-5-22(33)6-8-23)27-18-37(17-24(27)20-3-9-26(34)25(32)15-20)29(39)19-11-13-36(14-12-19)28-10-4-21(31)16-35-28/h3-10,15-16,19,24,27H,2,11-14,17-18H2,1H3/t24-,27+/m0/s1. The van der Waals surface area contributed by atoms with Crippen molar-refractivity contribution >= 4 is 41.0 Å². The number of likely N-dealkylation sites (N-methyl/N-ethyl adjacent to an activating group) is 1. The highest BCUT2D eigenvalue weighted by atomic mass is 35.5. The van der Waals surface area contributed by atoms with Crippen molar-refractivity contribution in [2.45, 2.75) is 31.7 Å². The van der Waals surface area contributed by atoms with E-state index in [2.05, 4.69) is 9.88 Å². The topological polar surface area (TPSA) is 66.0 Å². The number of pyridine rings is 1. The number of anilines is 1. The lowest BCUT2D eigenvalue weighted by Crippen LogP contribution is -2.47. The van der Waals surface area contributed by atoms with Crippen molar-refractivity contribution in [1.29, 1.82) is 0 Å². The van der Waals surface area contributed by atoms with Crippen LogP contribution in [0.15, 0.2) is 60.8 Å². The number of hydrogen-bond acceptors (Lipinski definition) is 5. The van der Waals surface area contributed by atoms with Crippen molar-refractivity contribution < 1.29 is 23.1 Å². The van der Waals surface area contributed by atoms with Gasteiger partial charge >= 0.3 is 6.09 Å². The van der Waals surface area contributed by atoms with Crippen LogP contribution in [-0.2, 0) is 4.79 Å². The summed E-state index contributed by atoms with van der Waals surface area (Å²) in [4.78, 5) is 36.9. The first-order valence-electron chi connectivity index (χ1n) is 13.6. The fourth-order valence-electron chi connectivity index (χ4n) is 5.68. The number of carbonyl (C=O) groups excluding carboxylic acids is 2. The number of carbonyl (C=O) groups is 2. The molecule has 1 aromatic heterocycles. The Morgan fingerprint density at radius 2 is 1.76 bits per heavy atom. The second kappa shape index (κ2) is 12.6. The average Bonchev–Trinajstić information content (AvgIpc) is 3.41. The molecule has 3 heterocycles. The van der Waals surface area contributed by atoms with Crippen molar-refractivity contribution in [2.75, 3.05) is 37.6 Å². The Bertz CT molecular complexity index is 1390. The van der Waals surface area contributed by atoms with Gasteiger partial charge in [0.25, 0.3) is 0 Å². The molecule has 5 rings (SSSR count). The van der Waals surface area contributed by atoms with Gasteiger partial charge in [0.05, 0.1) is 16.1 Å². The van der Waals surface area contributed by atoms with Gasteiger partial charge in [0, 0.05) is 50.8 Å². The highest BCUT2D eigenvalue weighted by molar-refractivity contribution is 6.31. The number of nitrogens with zero attached hydrogens (tertiary/aromatic N) is 4. The SMILES string of the molecule is CCN(C(=O)Oc1ccc(F)cc1)[C@@H]1CN(C(=O)C2CCN(c3ccc(Cl)cn3)CC2)C[C@H]1c1ccc(F)c(Cl)c1. The van der Waals surface area contributed by atoms with Gasteiger partial charge < -0.3 is 19.4 Å². The average molecular weight is 603 g/mol. The van der Waals surface area contributed by atoms with Crippen LogP contribution in [0.25, 0.3) is 0 Å². The minimum absolute atomic E-state index is 0.0221. The highest BCUT2D eigenvalue weighted by Gasteiger charge is 2.43. The first kappa shape index (κ1) is 29.1. The van der Waals surface area contributed by atoms with Crippen LogP contribution in [0.5, 0.6) is 5.75 Å². The molecule has 0 N–H and O–H groups in total. The third-order valence-electron chi connectivity index (χ3n) is 7.85. The molecule has 2 aliphatic heterocycles. The van der Waals surface area contributed by atoms with Gasteiger partial charge in [-0.2, -0.15) is 0 Å². The second-order valence-electron chi connectivity index (χ2n) is 10.3. The van der Waals surface area contributed by atoms with Gasteiger partial charge in [-0.15, -0.1) is 0 Å². The Hall–Kier alpha value is -3.43. The third-order valence-corrected chi connectivity index (χ3v) is 8.36. The van der Waals surface area contributed by atoms with Crippen LogP contribution in [-0.4, -0.2) is 65.5 Å². The molecule has 0 bridgehead atoms. The first-order chi connectivity index (χ1) is 19.7. The van der Waals surface area contributed by atoms with Crippen LogP contribution in [0.1, 0.15) is 31.2 Å². The molecule has 2 aliphatic rings. The first-order valence-corrected chi connectivity index (χ1v) is 14.3. The molecule has 0 unspecified atom stereocenters. The van der Waals surface area contributed by atoms with Crippen LogP contribution in [0.4, 0.5) is 19.4 Å². The quantitative estimate of drug-likeness (QED) is 0.327. The Morgan fingerprint density at radius 3 is 2.39 bits per heavy atom. The van der Waals surface area contributed by atoms with Gasteiger partial charge in [-0.05, 0) is 73.9 Å². The number of aromatic nitrogens is 1. The smallest absolute Gasteiger partial charge is 0.410 e. The molecular formula is C30H30Cl2F2N4O3. The zero-order chi connectivity index (χ0) is 29.1. The summed E-state index contributed by atoms with van der Waals surface area (Å²) >= 11 is 12.1. The van der Waals surface area contributed by atoms with E-state index in [-0.39, 0.29) is 28.5 Å². The predicted octanol–water partition coefficient (Wildman–Crippen LogP) is 6.40. The lowest BCUT2D eigenvalue weighted by Gasteiger charge is -2.34. The lowest BCUT2D eigenvalue weighted by atomic mass is 9.93. The van der Waals surface area contributed by atoms with Crippen LogP contribution in [0, 0.1) is 17.6 Å². The molecule has 0 saturated carbocycles. The summed E-state index contributed by atoms with van der Waals surface area (Å²) in [5.41, 5.74) is 0.730. The van der Waals surface area contributed by atoms with Crippen LogP contribution >= 0.6 is 23.2 Å². The van der Waals surface area contributed by atoms with Crippen LogP contribution in [0.3, 0.4) is 0 Å². The number of ether oxygens (including phenoxy) is 1. The molecule has 2 atom stereocenters. The molecule has 0 spiro atoms. The summed E-state index contributed by atoms with van der Waals surface area (Å²) in [6, 6.07) is 12.9. The van der Waals surface area contributed by atoms with Crippen molar-refractivity contribution in [3.8, 4) is 5.75 Å². The summed E-state index contributed by atoms with van der Waals surface area (Å²) in [5.74, 6) is -0.393. The highest BCUT2D eigenvalue weighted by Crippen LogP contribution is 2.35. The summed E-state index contributed by atoms with van der Waals surface area (Å²) < 4.78 is 32.9. The molecular weight excluding hydrogens is 573 g/mol. The molecule has 0 aliphatic carbocycles. The monoisotopic (exact) mass is 602 g/mol. The molecule has 2 aromatic carbocycles. The van der Waals surface area contributed by atoms with E-state index < -0.39 is 23.8 Å². The number of likely N-dealkylation sites (tertiary alicyclic amines) is 1. The fourth-order valence-corrected chi connectivity index (χ4v) is 5.98. The van der Waals surface area contributed by atoms with Crippen molar-refractivity contribution in [3.63, 3.8) is 0 Å². The molecule has 41 heavy (non-hydrogen) atoms. The van der Waals surface area contributed by atoms with Crippen molar-refractivity contribution in [3.05, 3.63) is 88.0 Å². The van der Waals surface area contributed by atoms with Crippen LogP contribution in [0.2, 0.25) is 10.0 Å². The van der Waals surface area contributed by atoms with Gasteiger partial charge in [-0.3, -0.25) is 4.79 Å². The molecule has 11 heteroatoms. The molecule has 2 amide bonds. The molecule has 0 radical (unpaired) electrons. The van der Waals surface area contributed by atoms with E-state index in [1.54, 1.807) is 34.2 Å². The summed E-state index contributed by atoms with van der Waals surface area (Å²) in [5, 5.41) is 0.549. The van der Waals surface area contributed by atoms with E-state index in [1.807, 2.05) is 13.0 Å². The summed E-state index contributed by atoms with van der Waals surface area (Å²) in [6.45, 7) is 4.15. The molecule has 2 fully saturated rings. The maximum atomic E-state index is 14.0. The van der Waals surface area contributed by atoms with Gasteiger partial charge in [-0.25, -0.2) is 18.6 Å². The lowest BCUT2D eigenvalue weighted by molar-refractivity contribution is -0.135. The van der Waals surface area contributed by atoms with Crippen LogP contribution < -0.4 is 9.64 Å². The molecule has 7 nitrogen and oxygen atoms in total. The summed E-state index contributed by atoms with van der Waals surface area (Å²) in [7, 11) is 0. The zero-order valence-electron chi connectivity index (χ0n) is 22.5. The van der Waals surface area contributed by atoms with E-state index in [0.717, 1.165) is 11.4 Å². The number of amides is 2. The fraction of sp³-hybridized carbons (Fsp3) is 0.367. The summed E-state index contributed by atoms with van der Waals surface area (Å²) in [6.07, 6.45) is 2.34. The Balaban J connectivity index is 1.33. The van der Waals surface area contributed by atoms with Gasteiger partial charge in [-0.1, -0.05) is 29.3 Å². The number of benzene rings is 2.